The van der Waals surface area contributed by atoms with Gasteiger partial charge < -0.3 is 9.84 Å². The van der Waals surface area contributed by atoms with Crippen molar-refractivity contribution in [1.82, 2.24) is 4.98 Å². The summed E-state index contributed by atoms with van der Waals surface area (Å²) in [6.07, 6.45) is -0.742. The van der Waals surface area contributed by atoms with Gasteiger partial charge in [0.05, 0.1) is 5.69 Å². The van der Waals surface area contributed by atoms with Crippen molar-refractivity contribution in [3.63, 3.8) is 0 Å². The number of para-hydroxylation sites is 1. The number of carbonyl (C=O) groups excluding carboxylic acids is 1. The molecule has 1 heterocycles. The molecule has 0 aliphatic carbocycles. The highest BCUT2D eigenvalue weighted by Crippen LogP contribution is 2.33. The standard InChI is InChI=1S/C17H16ClIN2O4/c1-17(2,3)25-16(24)21(12-7-5-4-6-11(12)19)14-10(15(22)23)8-9-13(18)20-14/h4-9H,1-3H3,(H,22,23). The van der Waals surface area contributed by atoms with E-state index in [4.69, 9.17) is 16.3 Å². The Labute approximate surface area is 163 Å². The van der Waals surface area contributed by atoms with E-state index in [1.165, 1.54) is 12.1 Å². The van der Waals surface area contributed by atoms with Gasteiger partial charge in [-0.2, -0.15) is 0 Å². The number of rotatable bonds is 3. The molecular formula is C17H16ClIN2O4. The molecular weight excluding hydrogens is 459 g/mol. The summed E-state index contributed by atoms with van der Waals surface area (Å²) in [6.45, 7) is 5.17. The van der Waals surface area contributed by atoms with Crippen LogP contribution in [-0.2, 0) is 4.74 Å². The van der Waals surface area contributed by atoms with Crippen LogP contribution in [0, 0.1) is 3.57 Å². The van der Waals surface area contributed by atoms with Crippen molar-refractivity contribution in [2.45, 2.75) is 26.4 Å². The molecule has 0 radical (unpaired) electrons. The highest BCUT2D eigenvalue weighted by Gasteiger charge is 2.30. The lowest BCUT2D eigenvalue weighted by molar-refractivity contribution is 0.0598. The number of hydrogen-bond acceptors (Lipinski definition) is 4. The molecule has 0 bridgehead atoms. The molecule has 2 aromatic rings. The van der Waals surface area contributed by atoms with Crippen LogP contribution in [-0.4, -0.2) is 27.8 Å². The molecule has 0 spiro atoms. The molecule has 0 saturated carbocycles. The van der Waals surface area contributed by atoms with E-state index in [1.54, 1.807) is 39.0 Å². The van der Waals surface area contributed by atoms with Crippen molar-refractivity contribution in [3.8, 4) is 0 Å². The van der Waals surface area contributed by atoms with Gasteiger partial charge in [-0.25, -0.2) is 19.5 Å². The fourth-order valence-corrected chi connectivity index (χ4v) is 2.77. The van der Waals surface area contributed by atoms with Crippen LogP contribution in [0.1, 0.15) is 31.1 Å². The maximum atomic E-state index is 12.8. The van der Waals surface area contributed by atoms with Gasteiger partial charge >= 0.3 is 12.1 Å². The summed E-state index contributed by atoms with van der Waals surface area (Å²) in [5.74, 6) is -1.32. The van der Waals surface area contributed by atoms with Gasteiger partial charge in [0.2, 0.25) is 0 Å². The Bertz CT molecular complexity index is 821. The number of anilines is 2. The van der Waals surface area contributed by atoms with E-state index in [1.807, 2.05) is 6.07 Å². The third-order valence-electron chi connectivity index (χ3n) is 2.95. The lowest BCUT2D eigenvalue weighted by Gasteiger charge is -2.28. The number of pyridine rings is 1. The molecule has 25 heavy (non-hydrogen) atoms. The van der Waals surface area contributed by atoms with Crippen LogP contribution < -0.4 is 4.90 Å². The van der Waals surface area contributed by atoms with Crippen molar-refractivity contribution in [1.29, 1.82) is 0 Å². The minimum absolute atomic E-state index is 0.0690. The van der Waals surface area contributed by atoms with Crippen LogP contribution in [0.25, 0.3) is 0 Å². The molecule has 1 aromatic heterocycles. The molecule has 2 rings (SSSR count). The maximum Gasteiger partial charge on any atom is 0.420 e. The molecule has 0 atom stereocenters. The lowest BCUT2D eigenvalue weighted by atomic mass is 10.2. The zero-order chi connectivity index (χ0) is 18.8. The number of carboxylic acid groups (broad SMARTS) is 1. The summed E-state index contributed by atoms with van der Waals surface area (Å²) >= 11 is 8.00. The molecule has 6 nitrogen and oxygen atoms in total. The molecule has 0 aliphatic rings. The van der Waals surface area contributed by atoms with E-state index in [-0.39, 0.29) is 16.5 Å². The van der Waals surface area contributed by atoms with Crippen LogP contribution in [0.5, 0.6) is 0 Å². The van der Waals surface area contributed by atoms with Gasteiger partial charge in [-0.3, -0.25) is 0 Å². The molecule has 0 saturated heterocycles. The van der Waals surface area contributed by atoms with Gasteiger partial charge in [0.1, 0.15) is 16.3 Å². The van der Waals surface area contributed by atoms with Crippen molar-refractivity contribution in [3.05, 3.63) is 50.7 Å². The number of ether oxygens (including phenoxy) is 1. The third kappa shape index (κ3) is 4.82. The largest absolute Gasteiger partial charge is 0.478 e. The second-order valence-electron chi connectivity index (χ2n) is 6.08. The Kier molecular flexibility index (Phi) is 5.89. The van der Waals surface area contributed by atoms with Crippen molar-refractivity contribution in [2.24, 2.45) is 0 Å². The van der Waals surface area contributed by atoms with Crippen molar-refractivity contribution < 1.29 is 19.4 Å². The number of carboxylic acids is 1. The SMILES string of the molecule is CC(C)(C)OC(=O)N(c1ccccc1I)c1nc(Cl)ccc1C(=O)O. The normalized spacial score (nSPS) is 11.1. The predicted molar refractivity (Wildman–Crippen MR) is 104 cm³/mol. The summed E-state index contributed by atoms with van der Waals surface area (Å²) in [5, 5.41) is 9.54. The van der Waals surface area contributed by atoms with Crippen LogP contribution in [0.2, 0.25) is 5.15 Å². The topological polar surface area (TPSA) is 79.7 Å². The number of amides is 1. The quantitative estimate of drug-likeness (QED) is 0.494. The zero-order valence-corrected chi connectivity index (χ0v) is 16.7. The molecule has 0 fully saturated rings. The highest BCUT2D eigenvalue weighted by molar-refractivity contribution is 14.1. The number of aromatic carboxylic acids is 1. The number of hydrogen-bond donors (Lipinski definition) is 1. The minimum atomic E-state index is -1.22. The molecule has 1 amide bonds. The average molecular weight is 475 g/mol. The Balaban J connectivity index is 2.68. The summed E-state index contributed by atoms with van der Waals surface area (Å²) in [7, 11) is 0. The predicted octanol–water partition coefficient (Wildman–Crippen LogP) is 5.11. The number of benzene rings is 1. The van der Waals surface area contributed by atoms with E-state index >= 15 is 0 Å². The van der Waals surface area contributed by atoms with E-state index in [0.29, 0.717) is 5.69 Å². The van der Waals surface area contributed by atoms with Gasteiger partial charge in [-0.1, -0.05) is 23.7 Å². The first kappa shape index (κ1) is 19.5. The van der Waals surface area contributed by atoms with E-state index in [9.17, 15) is 14.7 Å². The molecule has 132 valence electrons. The zero-order valence-electron chi connectivity index (χ0n) is 13.8. The second kappa shape index (κ2) is 7.57. The van der Waals surface area contributed by atoms with Crippen LogP contribution in [0.4, 0.5) is 16.3 Å². The van der Waals surface area contributed by atoms with Gasteiger partial charge in [-0.15, -0.1) is 0 Å². The van der Waals surface area contributed by atoms with Crippen LogP contribution in [0.15, 0.2) is 36.4 Å². The number of carbonyl (C=O) groups is 2. The second-order valence-corrected chi connectivity index (χ2v) is 7.63. The highest BCUT2D eigenvalue weighted by atomic mass is 127. The number of halogens is 2. The first-order chi connectivity index (χ1) is 11.6. The van der Waals surface area contributed by atoms with Gasteiger partial charge in [0.25, 0.3) is 0 Å². The fraction of sp³-hybridized carbons (Fsp3) is 0.235. The molecule has 1 N–H and O–H groups in total. The number of nitrogens with zero attached hydrogens (tertiary/aromatic N) is 2. The molecule has 1 aromatic carbocycles. The van der Waals surface area contributed by atoms with Gasteiger partial charge in [0.15, 0.2) is 5.82 Å². The van der Waals surface area contributed by atoms with E-state index in [2.05, 4.69) is 27.6 Å². The number of aromatic nitrogens is 1. The Morgan fingerprint density at radius 3 is 2.40 bits per heavy atom. The average Bonchev–Trinajstić information content (AvgIpc) is 2.47. The molecule has 0 unspecified atom stereocenters. The van der Waals surface area contributed by atoms with Gasteiger partial charge in [-0.05, 0) is 67.6 Å². The van der Waals surface area contributed by atoms with Crippen LogP contribution >= 0.6 is 34.2 Å². The smallest absolute Gasteiger partial charge is 0.420 e. The Morgan fingerprint density at radius 2 is 1.84 bits per heavy atom. The lowest BCUT2D eigenvalue weighted by Crippen LogP contribution is -2.35. The van der Waals surface area contributed by atoms with Crippen LogP contribution in [0.3, 0.4) is 0 Å². The summed E-state index contributed by atoms with van der Waals surface area (Å²) < 4.78 is 6.17. The van der Waals surface area contributed by atoms with Crippen molar-refractivity contribution >= 4 is 57.8 Å². The minimum Gasteiger partial charge on any atom is -0.478 e. The summed E-state index contributed by atoms with van der Waals surface area (Å²) in [5.41, 5.74) is -0.470. The first-order valence-corrected chi connectivity index (χ1v) is 8.73. The summed E-state index contributed by atoms with van der Waals surface area (Å²) in [6, 6.07) is 9.68. The maximum absolute atomic E-state index is 12.8. The van der Waals surface area contributed by atoms with Gasteiger partial charge in [0, 0.05) is 3.57 Å². The Hall–Kier alpha value is -1.87. The molecule has 8 heteroatoms. The molecule has 0 aliphatic heterocycles. The fourth-order valence-electron chi connectivity index (χ4n) is 2.00. The summed E-state index contributed by atoms with van der Waals surface area (Å²) in [4.78, 5) is 29.6. The van der Waals surface area contributed by atoms with E-state index in [0.717, 1.165) is 8.47 Å². The third-order valence-corrected chi connectivity index (χ3v) is 4.08. The first-order valence-electron chi connectivity index (χ1n) is 7.27. The van der Waals surface area contributed by atoms with E-state index < -0.39 is 17.7 Å². The van der Waals surface area contributed by atoms with Crippen molar-refractivity contribution in [2.75, 3.05) is 4.90 Å². The monoisotopic (exact) mass is 474 g/mol. The Morgan fingerprint density at radius 1 is 1.20 bits per heavy atom.